The summed E-state index contributed by atoms with van der Waals surface area (Å²) < 4.78 is 140. The van der Waals surface area contributed by atoms with E-state index in [0.717, 1.165) is 31.5 Å². The summed E-state index contributed by atoms with van der Waals surface area (Å²) in [5.74, 6) is -1.75. The van der Waals surface area contributed by atoms with Crippen molar-refractivity contribution in [2.24, 2.45) is 0 Å². The number of anilines is 2. The van der Waals surface area contributed by atoms with Gasteiger partial charge in [0.15, 0.2) is 5.75 Å². The maximum atomic E-state index is 13.9. The van der Waals surface area contributed by atoms with Crippen LogP contribution in [0.15, 0.2) is 42.6 Å². The number of alkyl halides is 9. The topological polar surface area (TPSA) is 123 Å². The number of carbonyl (C=O) groups is 3. The van der Waals surface area contributed by atoms with E-state index in [9.17, 15) is 53.9 Å². The standard InChI is InChI=1S/C36H36F9N5O6/c1-5-23-14-26(25-13-20(34(37,38)39)7-8-28(25)50(23)33(53)55-6-2)47-32-46-16-30(56-24-15-29(31(52)54-4)49(17-24)18(3)51)27(48-32)11-19-9-21(35(40,41)42)12-22(10-19)36(43,44)45/h7-10,12-13,16,23-24,26,29H,5-6,11,14-15,17H2,1-4H3,(H,46,47,48)/t23-,24+,26+,29+/m1/s1. The highest BCUT2D eigenvalue weighted by molar-refractivity contribution is 5.90. The second kappa shape index (κ2) is 16.0. The van der Waals surface area contributed by atoms with Gasteiger partial charge in [0.05, 0.1) is 60.6 Å². The molecule has 3 heterocycles. The Morgan fingerprint density at radius 1 is 0.893 bits per heavy atom. The Kier molecular flexibility index (Phi) is 12.0. The second-order valence-electron chi connectivity index (χ2n) is 13.1. The lowest BCUT2D eigenvalue weighted by Gasteiger charge is -2.40. The van der Waals surface area contributed by atoms with Crippen LogP contribution < -0.4 is 15.0 Å². The molecule has 0 aliphatic carbocycles. The van der Waals surface area contributed by atoms with Gasteiger partial charge in [-0.05, 0) is 67.3 Å². The molecular weight excluding hydrogens is 769 g/mol. The van der Waals surface area contributed by atoms with Crippen LogP contribution in [0.4, 0.5) is 55.9 Å². The Morgan fingerprint density at radius 2 is 1.54 bits per heavy atom. The summed E-state index contributed by atoms with van der Waals surface area (Å²) >= 11 is 0. The quantitative estimate of drug-likeness (QED) is 0.170. The van der Waals surface area contributed by atoms with Crippen LogP contribution in [0.1, 0.15) is 79.6 Å². The molecule has 1 fully saturated rings. The zero-order chi connectivity index (χ0) is 41.3. The summed E-state index contributed by atoms with van der Waals surface area (Å²) in [6, 6.07) is 1.14. The predicted octanol–water partition coefficient (Wildman–Crippen LogP) is 7.96. The summed E-state index contributed by atoms with van der Waals surface area (Å²) in [5.41, 5.74) is -4.78. The van der Waals surface area contributed by atoms with E-state index >= 15 is 0 Å². The third kappa shape index (κ3) is 9.21. The van der Waals surface area contributed by atoms with Gasteiger partial charge in [-0.15, -0.1) is 0 Å². The number of halogens is 9. The van der Waals surface area contributed by atoms with Crippen molar-refractivity contribution >= 4 is 29.6 Å². The molecule has 304 valence electrons. The van der Waals surface area contributed by atoms with E-state index in [-0.39, 0.29) is 60.7 Å². The summed E-state index contributed by atoms with van der Waals surface area (Å²) in [7, 11) is 1.11. The van der Waals surface area contributed by atoms with Crippen LogP contribution >= 0.6 is 0 Å². The number of ether oxygens (including phenoxy) is 3. The van der Waals surface area contributed by atoms with Crippen molar-refractivity contribution in [3.63, 3.8) is 0 Å². The first kappa shape index (κ1) is 41.9. The molecule has 2 aliphatic heterocycles. The van der Waals surface area contributed by atoms with Crippen LogP contribution in [-0.4, -0.2) is 71.3 Å². The molecule has 2 aromatic carbocycles. The largest absolute Gasteiger partial charge is 0.485 e. The first-order valence-electron chi connectivity index (χ1n) is 17.2. The number of benzene rings is 2. The Labute approximate surface area is 314 Å². The normalized spacial score (nSPS) is 20.0. The molecule has 0 spiro atoms. The molecule has 20 heteroatoms. The van der Waals surface area contributed by atoms with Crippen molar-refractivity contribution in [3.05, 3.63) is 76.1 Å². The highest BCUT2D eigenvalue weighted by Crippen LogP contribution is 2.44. The van der Waals surface area contributed by atoms with Gasteiger partial charge in [0.2, 0.25) is 11.9 Å². The van der Waals surface area contributed by atoms with Crippen molar-refractivity contribution in [1.82, 2.24) is 14.9 Å². The number of carbonyl (C=O) groups excluding carboxylic acids is 3. The maximum Gasteiger partial charge on any atom is 0.416 e. The summed E-state index contributed by atoms with van der Waals surface area (Å²) in [6.45, 7) is 4.36. The molecule has 0 unspecified atom stereocenters. The summed E-state index contributed by atoms with van der Waals surface area (Å²) in [5, 5.41) is 2.94. The van der Waals surface area contributed by atoms with Crippen molar-refractivity contribution in [2.75, 3.05) is 30.5 Å². The number of esters is 1. The molecule has 2 amide bonds. The van der Waals surface area contributed by atoms with E-state index in [1.54, 1.807) is 13.8 Å². The van der Waals surface area contributed by atoms with Gasteiger partial charge in [0, 0.05) is 25.8 Å². The van der Waals surface area contributed by atoms with Crippen LogP contribution in [0.25, 0.3) is 0 Å². The SMILES string of the molecule is CCOC(=O)N1c2ccc(C(F)(F)F)cc2[C@@H](Nc2ncc(O[C@H]3C[C@@H](C(=O)OC)N(C(C)=O)C3)c(Cc3cc(C(F)(F)F)cc(C(F)(F)F)c3)n2)C[C@H]1CC. The summed E-state index contributed by atoms with van der Waals surface area (Å²) in [4.78, 5) is 48.8. The smallest absolute Gasteiger partial charge is 0.416 e. The molecule has 0 saturated carbocycles. The molecule has 2 aliphatic rings. The fourth-order valence-corrected chi connectivity index (χ4v) is 6.80. The molecule has 0 radical (unpaired) electrons. The average Bonchev–Trinajstić information content (AvgIpc) is 3.55. The average molecular weight is 806 g/mol. The fraction of sp³-hybridized carbons (Fsp3) is 0.472. The Bertz CT molecular complexity index is 1920. The van der Waals surface area contributed by atoms with E-state index in [1.165, 1.54) is 16.7 Å². The van der Waals surface area contributed by atoms with Crippen LogP contribution in [0.3, 0.4) is 0 Å². The number of fused-ring (bicyclic) bond motifs is 1. The van der Waals surface area contributed by atoms with Crippen LogP contribution in [-0.2, 0) is 44.0 Å². The van der Waals surface area contributed by atoms with E-state index in [4.69, 9.17) is 14.2 Å². The minimum Gasteiger partial charge on any atom is -0.485 e. The van der Waals surface area contributed by atoms with Gasteiger partial charge >= 0.3 is 30.6 Å². The number of rotatable bonds is 9. The molecule has 1 aromatic heterocycles. The molecular formula is C36H36F9N5O6. The molecule has 0 bridgehead atoms. The second-order valence-corrected chi connectivity index (χ2v) is 13.1. The highest BCUT2D eigenvalue weighted by atomic mass is 19.4. The van der Waals surface area contributed by atoms with Gasteiger partial charge in [0.1, 0.15) is 12.1 Å². The van der Waals surface area contributed by atoms with Gasteiger partial charge in [0.25, 0.3) is 0 Å². The predicted molar refractivity (Wildman–Crippen MR) is 180 cm³/mol. The summed E-state index contributed by atoms with van der Waals surface area (Å²) in [6.07, 6.45) is -16.2. The number of methoxy groups -OCH3 is 1. The number of hydrogen-bond acceptors (Lipinski definition) is 9. The van der Waals surface area contributed by atoms with Crippen molar-refractivity contribution in [3.8, 4) is 5.75 Å². The number of nitrogens with zero attached hydrogens (tertiary/aromatic N) is 4. The number of amides is 2. The Morgan fingerprint density at radius 3 is 2.09 bits per heavy atom. The van der Waals surface area contributed by atoms with Gasteiger partial charge < -0.3 is 24.4 Å². The lowest BCUT2D eigenvalue weighted by molar-refractivity contribution is -0.150. The minimum atomic E-state index is -5.16. The van der Waals surface area contributed by atoms with Gasteiger partial charge in [-0.1, -0.05) is 6.92 Å². The molecule has 5 rings (SSSR count). The van der Waals surface area contributed by atoms with E-state index in [1.807, 2.05) is 0 Å². The zero-order valence-corrected chi connectivity index (χ0v) is 30.2. The number of aromatic nitrogens is 2. The minimum absolute atomic E-state index is 0.0121. The van der Waals surface area contributed by atoms with E-state index in [2.05, 4.69) is 15.3 Å². The first-order valence-corrected chi connectivity index (χ1v) is 17.2. The lowest BCUT2D eigenvalue weighted by Crippen LogP contribution is -2.46. The molecule has 4 atom stereocenters. The third-order valence-electron chi connectivity index (χ3n) is 9.38. The van der Waals surface area contributed by atoms with Crippen molar-refractivity contribution < 1.29 is 68.1 Å². The van der Waals surface area contributed by atoms with Crippen LogP contribution in [0, 0.1) is 0 Å². The van der Waals surface area contributed by atoms with Crippen LogP contribution in [0.5, 0.6) is 5.75 Å². The first-order chi connectivity index (χ1) is 26.1. The van der Waals surface area contributed by atoms with Gasteiger partial charge in [-0.25, -0.2) is 19.6 Å². The van der Waals surface area contributed by atoms with E-state index in [0.29, 0.717) is 18.6 Å². The number of nitrogens with one attached hydrogen (secondary N) is 1. The Hall–Kier alpha value is -5.30. The molecule has 1 N–H and O–H groups in total. The van der Waals surface area contributed by atoms with Gasteiger partial charge in [-0.2, -0.15) is 39.5 Å². The highest BCUT2D eigenvalue weighted by Gasteiger charge is 2.42. The van der Waals surface area contributed by atoms with E-state index < -0.39 is 89.4 Å². The monoisotopic (exact) mass is 805 g/mol. The lowest BCUT2D eigenvalue weighted by atomic mass is 9.89. The zero-order valence-electron chi connectivity index (χ0n) is 30.2. The van der Waals surface area contributed by atoms with Gasteiger partial charge in [-0.3, -0.25) is 9.69 Å². The Balaban J connectivity index is 1.59. The molecule has 56 heavy (non-hydrogen) atoms. The fourth-order valence-electron chi connectivity index (χ4n) is 6.80. The third-order valence-corrected chi connectivity index (χ3v) is 9.38. The molecule has 11 nitrogen and oxygen atoms in total. The van der Waals surface area contributed by atoms with Crippen molar-refractivity contribution in [1.29, 1.82) is 0 Å². The number of hydrogen-bond donors (Lipinski definition) is 1. The number of likely N-dealkylation sites (tertiary alicyclic amines) is 1. The van der Waals surface area contributed by atoms with Crippen LogP contribution in [0.2, 0.25) is 0 Å². The van der Waals surface area contributed by atoms with Crippen molar-refractivity contribution in [2.45, 2.75) is 89.2 Å². The molecule has 3 aromatic rings. The molecule has 1 saturated heterocycles. The maximum absolute atomic E-state index is 13.9.